The molecular weight excluding hydrogens is 364 g/mol. The van der Waals surface area contributed by atoms with Crippen LogP contribution in [0.5, 0.6) is 0 Å². The lowest BCUT2D eigenvalue weighted by molar-refractivity contribution is -0.115. The molecule has 3 heterocycles. The lowest BCUT2D eigenvalue weighted by atomic mass is 10.1. The first-order valence-electron chi connectivity index (χ1n) is 8.53. The molecule has 0 saturated carbocycles. The monoisotopic (exact) mass is 380 g/mol. The number of anilines is 4. The third-order valence-electron chi connectivity index (χ3n) is 4.13. The number of carbonyl (C=O) groups is 1. The van der Waals surface area contributed by atoms with Gasteiger partial charge in [-0.1, -0.05) is 17.7 Å². The van der Waals surface area contributed by atoms with Crippen molar-refractivity contribution in [3.63, 3.8) is 0 Å². The van der Waals surface area contributed by atoms with Gasteiger partial charge in [-0.15, -0.1) is 0 Å². The quantitative estimate of drug-likeness (QED) is 0.607. The highest BCUT2D eigenvalue weighted by atomic mass is 35.5. The van der Waals surface area contributed by atoms with Crippen molar-refractivity contribution >= 4 is 40.6 Å². The Hall–Kier alpha value is -3.19. The van der Waals surface area contributed by atoms with Crippen molar-refractivity contribution in [2.45, 2.75) is 12.8 Å². The molecule has 1 amide bonds. The molecule has 0 fully saturated rings. The van der Waals surface area contributed by atoms with E-state index in [2.05, 4.69) is 30.9 Å². The van der Waals surface area contributed by atoms with Crippen LogP contribution in [0.2, 0.25) is 5.02 Å². The highest BCUT2D eigenvalue weighted by Crippen LogP contribution is 2.28. The fourth-order valence-corrected chi connectivity index (χ4v) is 3.00. The Bertz CT molecular complexity index is 979. The van der Waals surface area contributed by atoms with Gasteiger partial charge in [-0.25, -0.2) is 4.98 Å². The maximum atomic E-state index is 11.5. The van der Waals surface area contributed by atoms with Crippen molar-refractivity contribution in [1.29, 1.82) is 0 Å². The smallest absolute Gasteiger partial charge is 0.229 e. The summed E-state index contributed by atoms with van der Waals surface area (Å²) in [6, 6.07) is 11.5. The maximum Gasteiger partial charge on any atom is 0.229 e. The zero-order valence-electron chi connectivity index (χ0n) is 14.4. The van der Waals surface area contributed by atoms with E-state index in [9.17, 15) is 4.79 Å². The number of rotatable bonds is 6. The molecule has 0 spiro atoms. The molecule has 0 atom stereocenters. The molecule has 0 unspecified atom stereocenters. The fourth-order valence-electron chi connectivity index (χ4n) is 2.84. The number of hydrogen-bond donors (Lipinski definition) is 3. The summed E-state index contributed by atoms with van der Waals surface area (Å²) < 4.78 is 0. The minimum Gasteiger partial charge on any atom is -0.368 e. The van der Waals surface area contributed by atoms with Crippen LogP contribution in [0.25, 0.3) is 0 Å². The largest absolute Gasteiger partial charge is 0.368 e. The minimum absolute atomic E-state index is 0.00397. The zero-order valence-corrected chi connectivity index (χ0v) is 15.1. The minimum atomic E-state index is 0.00397. The predicted octanol–water partition coefficient (Wildman–Crippen LogP) is 3.42. The molecule has 3 N–H and O–H groups in total. The van der Waals surface area contributed by atoms with Gasteiger partial charge in [-0.3, -0.25) is 9.78 Å². The van der Waals surface area contributed by atoms with Crippen molar-refractivity contribution in [3.8, 4) is 0 Å². The van der Waals surface area contributed by atoms with E-state index < -0.39 is 0 Å². The number of carbonyl (C=O) groups excluding carboxylic acids is 1. The normalized spacial score (nSPS) is 12.4. The van der Waals surface area contributed by atoms with Crippen LogP contribution in [-0.4, -0.2) is 27.4 Å². The Morgan fingerprint density at radius 2 is 2.11 bits per heavy atom. The van der Waals surface area contributed by atoms with E-state index in [4.69, 9.17) is 11.6 Å². The second-order valence-corrected chi connectivity index (χ2v) is 6.52. The molecule has 27 heavy (non-hydrogen) atoms. The number of aromatic nitrogens is 3. The highest BCUT2D eigenvalue weighted by Gasteiger charge is 2.17. The van der Waals surface area contributed by atoms with E-state index in [1.165, 1.54) is 0 Å². The molecule has 0 aliphatic carbocycles. The first kappa shape index (κ1) is 17.2. The maximum absolute atomic E-state index is 11.5. The van der Waals surface area contributed by atoms with E-state index in [0.29, 0.717) is 29.8 Å². The van der Waals surface area contributed by atoms with Gasteiger partial charge in [0.1, 0.15) is 5.02 Å². The van der Waals surface area contributed by atoms with Crippen LogP contribution in [-0.2, 0) is 17.6 Å². The molecule has 2 aromatic heterocycles. The van der Waals surface area contributed by atoms with Crippen LogP contribution in [0.1, 0.15) is 11.3 Å². The van der Waals surface area contributed by atoms with Crippen molar-refractivity contribution in [2.75, 3.05) is 22.5 Å². The third kappa shape index (κ3) is 4.15. The Labute approximate surface area is 161 Å². The number of nitrogens with zero attached hydrogens (tertiary/aromatic N) is 3. The average Bonchev–Trinajstić information content (AvgIpc) is 3.04. The third-order valence-corrected chi connectivity index (χ3v) is 4.41. The van der Waals surface area contributed by atoms with E-state index in [1.807, 2.05) is 36.4 Å². The molecule has 1 aromatic carbocycles. The van der Waals surface area contributed by atoms with Crippen molar-refractivity contribution in [3.05, 3.63) is 65.1 Å². The van der Waals surface area contributed by atoms with Gasteiger partial charge in [0.25, 0.3) is 0 Å². The van der Waals surface area contributed by atoms with Gasteiger partial charge >= 0.3 is 0 Å². The van der Waals surface area contributed by atoms with Crippen LogP contribution < -0.4 is 16.0 Å². The Morgan fingerprint density at radius 1 is 1.19 bits per heavy atom. The molecule has 0 radical (unpaired) electrons. The highest BCUT2D eigenvalue weighted by molar-refractivity contribution is 6.32. The van der Waals surface area contributed by atoms with Crippen LogP contribution in [0.4, 0.5) is 23.1 Å². The van der Waals surface area contributed by atoms with E-state index in [-0.39, 0.29) is 5.91 Å². The molecule has 3 aromatic rings. The summed E-state index contributed by atoms with van der Waals surface area (Å²) >= 11 is 6.20. The van der Waals surface area contributed by atoms with Crippen LogP contribution >= 0.6 is 11.6 Å². The molecule has 1 aliphatic rings. The van der Waals surface area contributed by atoms with Crippen molar-refractivity contribution in [2.24, 2.45) is 0 Å². The number of benzene rings is 1. The summed E-state index contributed by atoms with van der Waals surface area (Å²) in [6.07, 6.45) is 4.47. The summed E-state index contributed by atoms with van der Waals surface area (Å²) in [5.74, 6) is 0.990. The first-order valence-corrected chi connectivity index (χ1v) is 8.91. The molecule has 0 bridgehead atoms. The molecule has 0 saturated heterocycles. The SMILES string of the molecule is O=C1Cc2cc(Nc3ncc(Cl)c(NCCc4ccccn4)n3)ccc2N1. The molecule has 8 heteroatoms. The van der Waals surface area contributed by atoms with Gasteiger partial charge in [-0.05, 0) is 35.9 Å². The van der Waals surface area contributed by atoms with Crippen molar-refractivity contribution in [1.82, 2.24) is 15.0 Å². The van der Waals surface area contributed by atoms with Gasteiger partial charge in [0.15, 0.2) is 5.82 Å². The topological polar surface area (TPSA) is 91.8 Å². The number of pyridine rings is 1. The summed E-state index contributed by atoms with van der Waals surface area (Å²) in [5.41, 5.74) is 3.61. The van der Waals surface area contributed by atoms with Crippen molar-refractivity contribution < 1.29 is 4.79 Å². The standard InChI is InChI=1S/C19H17ClN6O/c20-15-11-23-19(24-14-4-5-16-12(9-14)10-17(27)25-16)26-18(15)22-8-6-13-3-1-2-7-21-13/h1-5,7,9,11H,6,8,10H2,(H,25,27)(H2,22,23,24,26). The Kier molecular flexibility index (Phi) is 4.84. The fraction of sp³-hybridized carbons (Fsp3) is 0.158. The molecule has 136 valence electrons. The summed E-state index contributed by atoms with van der Waals surface area (Å²) in [4.78, 5) is 24.4. The average molecular weight is 381 g/mol. The van der Waals surface area contributed by atoms with Gasteiger partial charge in [-0.2, -0.15) is 4.98 Å². The van der Waals surface area contributed by atoms with Crippen LogP contribution in [0.3, 0.4) is 0 Å². The number of nitrogens with one attached hydrogen (secondary N) is 3. The number of amides is 1. The summed E-state index contributed by atoms with van der Waals surface area (Å²) in [6.45, 7) is 0.653. The molecule has 4 rings (SSSR count). The molecule has 1 aliphatic heterocycles. The number of fused-ring (bicyclic) bond motifs is 1. The second kappa shape index (κ2) is 7.59. The Balaban J connectivity index is 1.43. The predicted molar refractivity (Wildman–Crippen MR) is 106 cm³/mol. The molecular formula is C19H17ClN6O. The molecule has 7 nitrogen and oxygen atoms in total. The van der Waals surface area contributed by atoms with E-state index >= 15 is 0 Å². The van der Waals surface area contributed by atoms with Gasteiger partial charge in [0.2, 0.25) is 11.9 Å². The summed E-state index contributed by atoms with van der Waals surface area (Å²) in [7, 11) is 0. The zero-order chi connectivity index (χ0) is 18.6. The van der Waals surface area contributed by atoms with Gasteiger partial charge in [0.05, 0.1) is 12.6 Å². The lowest BCUT2D eigenvalue weighted by Crippen LogP contribution is -2.09. The van der Waals surface area contributed by atoms with Gasteiger partial charge in [0, 0.05) is 36.2 Å². The summed E-state index contributed by atoms with van der Waals surface area (Å²) in [5, 5.41) is 9.63. The van der Waals surface area contributed by atoms with Gasteiger partial charge < -0.3 is 16.0 Å². The second-order valence-electron chi connectivity index (χ2n) is 6.11. The first-order chi connectivity index (χ1) is 13.2. The van der Waals surface area contributed by atoms with Crippen LogP contribution in [0, 0.1) is 0 Å². The van der Waals surface area contributed by atoms with E-state index in [1.54, 1.807) is 12.4 Å². The van der Waals surface area contributed by atoms with Crippen LogP contribution in [0.15, 0.2) is 48.8 Å². The number of hydrogen-bond acceptors (Lipinski definition) is 6. The van der Waals surface area contributed by atoms with E-state index in [0.717, 1.165) is 29.1 Å². The lowest BCUT2D eigenvalue weighted by Gasteiger charge is -2.10. The Morgan fingerprint density at radius 3 is 2.96 bits per heavy atom. The number of halogens is 1.